The van der Waals surface area contributed by atoms with Crippen molar-refractivity contribution in [3.8, 4) is 11.5 Å². The van der Waals surface area contributed by atoms with Crippen molar-refractivity contribution in [1.82, 2.24) is 4.98 Å². The van der Waals surface area contributed by atoms with Gasteiger partial charge < -0.3 is 9.73 Å². The van der Waals surface area contributed by atoms with E-state index < -0.39 is 0 Å². The number of anilines is 1. The lowest BCUT2D eigenvalue weighted by molar-refractivity contribution is 0.103. The molecule has 1 N–H and O–H groups in total. The van der Waals surface area contributed by atoms with Crippen LogP contribution < -0.4 is 5.32 Å². The molecule has 2 heterocycles. The highest BCUT2D eigenvalue weighted by atomic mass is 35.5. The van der Waals surface area contributed by atoms with Crippen LogP contribution in [0.4, 0.5) is 5.69 Å². The maximum atomic E-state index is 13.0. The van der Waals surface area contributed by atoms with Crippen molar-refractivity contribution in [2.45, 2.75) is 20.8 Å². The minimum Gasteiger partial charge on any atom is -0.436 e. The number of nitrogens with one attached hydrogen (secondary N) is 1. The first-order valence-corrected chi connectivity index (χ1v) is 11.1. The monoisotopic (exact) mass is 446 g/mol. The minimum absolute atomic E-state index is 0.226. The minimum atomic E-state index is -0.226. The molecule has 0 saturated heterocycles. The van der Waals surface area contributed by atoms with Gasteiger partial charge in [0.2, 0.25) is 5.89 Å². The van der Waals surface area contributed by atoms with Gasteiger partial charge in [0.25, 0.3) is 5.91 Å². The molecule has 0 aliphatic rings. The summed E-state index contributed by atoms with van der Waals surface area (Å²) in [6.45, 7) is 6.00. The van der Waals surface area contributed by atoms with E-state index in [0.717, 1.165) is 43.4 Å². The number of hydrogen-bond acceptors (Lipinski definition) is 4. The van der Waals surface area contributed by atoms with Crippen LogP contribution in [0.25, 0.3) is 32.6 Å². The molecule has 31 heavy (non-hydrogen) atoms. The SMILES string of the molecule is Cc1cc(C)c2oc(-c3ccc(C)c(NC(=O)c4sc5ccccc5c4Cl)c3)nc2c1. The molecule has 5 aromatic rings. The predicted octanol–water partition coefficient (Wildman–Crippen LogP) is 7.54. The summed E-state index contributed by atoms with van der Waals surface area (Å²) in [7, 11) is 0. The molecule has 0 spiro atoms. The highest BCUT2D eigenvalue weighted by Gasteiger charge is 2.18. The Morgan fingerprint density at radius 2 is 1.84 bits per heavy atom. The van der Waals surface area contributed by atoms with Gasteiger partial charge in [-0.25, -0.2) is 4.98 Å². The molecule has 0 fully saturated rings. The summed E-state index contributed by atoms with van der Waals surface area (Å²) >= 11 is 7.87. The summed E-state index contributed by atoms with van der Waals surface area (Å²) in [6, 6.07) is 17.6. The number of amides is 1. The van der Waals surface area contributed by atoms with Crippen LogP contribution in [-0.4, -0.2) is 10.9 Å². The van der Waals surface area contributed by atoms with Gasteiger partial charge in [-0.3, -0.25) is 4.79 Å². The topological polar surface area (TPSA) is 55.1 Å². The van der Waals surface area contributed by atoms with Gasteiger partial charge in [-0.15, -0.1) is 11.3 Å². The summed E-state index contributed by atoms with van der Waals surface area (Å²) in [4.78, 5) is 18.2. The molecule has 0 unspecified atom stereocenters. The zero-order chi connectivity index (χ0) is 21.7. The van der Waals surface area contributed by atoms with E-state index in [-0.39, 0.29) is 5.91 Å². The molecule has 0 atom stereocenters. The molecule has 0 saturated carbocycles. The van der Waals surface area contributed by atoms with E-state index in [2.05, 4.69) is 16.4 Å². The van der Waals surface area contributed by atoms with Crippen molar-refractivity contribution >= 4 is 55.7 Å². The lowest BCUT2D eigenvalue weighted by atomic mass is 10.1. The fraction of sp³-hybridized carbons (Fsp3) is 0.120. The smallest absolute Gasteiger partial charge is 0.267 e. The number of rotatable bonds is 3. The van der Waals surface area contributed by atoms with Crippen LogP contribution in [0, 0.1) is 20.8 Å². The van der Waals surface area contributed by atoms with Crippen LogP contribution in [0.1, 0.15) is 26.4 Å². The second kappa shape index (κ2) is 7.52. The largest absolute Gasteiger partial charge is 0.436 e. The van der Waals surface area contributed by atoms with E-state index in [1.54, 1.807) is 0 Å². The van der Waals surface area contributed by atoms with Gasteiger partial charge in [-0.1, -0.05) is 41.9 Å². The number of thiophene rings is 1. The third kappa shape index (κ3) is 3.50. The fourth-order valence-electron chi connectivity index (χ4n) is 3.73. The number of carbonyl (C=O) groups is 1. The summed E-state index contributed by atoms with van der Waals surface area (Å²) < 4.78 is 7.03. The average molecular weight is 447 g/mol. The molecule has 5 rings (SSSR count). The van der Waals surface area contributed by atoms with Gasteiger partial charge >= 0.3 is 0 Å². The van der Waals surface area contributed by atoms with Crippen molar-refractivity contribution < 1.29 is 9.21 Å². The van der Waals surface area contributed by atoms with Crippen LogP contribution in [0.3, 0.4) is 0 Å². The van der Waals surface area contributed by atoms with Gasteiger partial charge in [0.1, 0.15) is 10.4 Å². The third-order valence-corrected chi connectivity index (χ3v) is 6.97. The number of nitrogens with zero attached hydrogens (tertiary/aromatic N) is 1. The summed E-state index contributed by atoms with van der Waals surface area (Å²) in [5, 5.41) is 4.38. The molecular formula is C25H19ClN2O2S. The average Bonchev–Trinajstić information content (AvgIpc) is 3.31. The van der Waals surface area contributed by atoms with Crippen LogP contribution in [0.2, 0.25) is 5.02 Å². The number of oxazole rings is 1. The molecule has 4 nitrogen and oxygen atoms in total. The van der Waals surface area contributed by atoms with Crippen molar-refractivity contribution in [2.75, 3.05) is 5.32 Å². The van der Waals surface area contributed by atoms with E-state index in [1.165, 1.54) is 11.3 Å². The highest BCUT2D eigenvalue weighted by Crippen LogP contribution is 2.36. The van der Waals surface area contributed by atoms with Gasteiger partial charge in [0, 0.05) is 21.3 Å². The Balaban J connectivity index is 1.51. The number of hydrogen-bond donors (Lipinski definition) is 1. The second-order valence-corrected chi connectivity index (χ2v) is 9.10. The van der Waals surface area contributed by atoms with Crippen LogP contribution in [0.5, 0.6) is 0 Å². The molecule has 1 amide bonds. The Morgan fingerprint density at radius 3 is 2.65 bits per heavy atom. The third-order valence-electron chi connectivity index (χ3n) is 5.29. The Morgan fingerprint density at radius 1 is 1.03 bits per heavy atom. The number of benzene rings is 3. The maximum absolute atomic E-state index is 13.0. The zero-order valence-electron chi connectivity index (χ0n) is 17.2. The summed E-state index contributed by atoms with van der Waals surface area (Å²) in [5.74, 6) is 0.301. The molecule has 154 valence electrons. The van der Waals surface area contributed by atoms with Crippen molar-refractivity contribution in [1.29, 1.82) is 0 Å². The summed E-state index contributed by atoms with van der Waals surface area (Å²) in [6.07, 6.45) is 0. The first kappa shape index (κ1) is 19.8. The van der Waals surface area contributed by atoms with E-state index in [0.29, 0.717) is 21.5 Å². The van der Waals surface area contributed by atoms with E-state index in [4.69, 9.17) is 16.0 Å². The molecular weight excluding hydrogens is 428 g/mol. The van der Waals surface area contributed by atoms with Gasteiger partial charge in [-0.05, 0) is 61.7 Å². The summed E-state index contributed by atoms with van der Waals surface area (Å²) in [5.41, 5.74) is 6.25. The zero-order valence-corrected chi connectivity index (χ0v) is 18.8. The Hall–Kier alpha value is -3.15. The lowest BCUT2D eigenvalue weighted by Gasteiger charge is -2.09. The number of aryl methyl sites for hydroxylation is 3. The predicted molar refractivity (Wildman–Crippen MR) is 128 cm³/mol. The van der Waals surface area contributed by atoms with E-state index in [9.17, 15) is 4.79 Å². The van der Waals surface area contributed by atoms with Gasteiger partial charge in [-0.2, -0.15) is 0 Å². The maximum Gasteiger partial charge on any atom is 0.267 e. The van der Waals surface area contributed by atoms with E-state index >= 15 is 0 Å². The lowest BCUT2D eigenvalue weighted by Crippen LogP contribution is -2.11. The normalized spacial score (nSPS) is 11.4. The molecule has 6 heteroatoms. The van der Waals surface area contributed by atoms with E-state index in [1.807, 2.05) is 69.3 Å². The van der Waals surface area contributed by atoms with Crippen molar-refractivity contribution in [3.05, 3.63) is 81.2 Å². The standard InChI is InChI=1S/C25H19ClN2O2S/c1-13-10-15(3)22-19(11-13)28-25(30-22)16-9-8-14(2)18(12-16)27-24(29)23-21(26)17-6-4-5-7-20(17)31-23/h4-12H,1-3H3,(H,27,29). The molecule has 2 aromatic heterocycles. The van der Waals surface area contributed by atoms with Crippen LogP contribution in [0.15, 0.2) is 59.0 Å². The van der Waals surface area contributed by atoms with Crippen molar-refractivity contribution in [2.24, 2.45) is 0 Å². The van der Waals surface area contributed by atoms with Gasteiger partial charge in [0.05, 0.1) is 5.02 Å². The number of fused-ring (bicyclic) bond motifs is 2. The first-order valence-electron chi connectivity index (χ1n) is 9.88. The second-order valence-electron chi connectivity index (χ2n) is 7.67. The Bertz CT molecular complexity index is 1480. The first-order chi connectivity index (χ1) is 14.9. The fourth-order valence-corrected chi connectivity index (χ4v) is 5.14. The molecule has 0 aliphatic heterocycles. The quantitative estimate of drug-likeness (QED) is 0.311. The van der Waals surface area contributed by atoms with Gasteiger partial charge in [0.15, 0.2) is 5.58 Å². The Kier molecular flexibility index (Phi) is 4.80. The Labute approximate surface area is 188 Å². The van der Waals surface area contributed by atoms with Crippen molar-refractivity contribution in [3.63, 3.8) is 0 Å². The number of halogens is 1. The van der Waals surface area contributed by atoms with Crippen LogP contribution >= 0.6 is 22.9 Å². The van der Waals surface area contributed by atoms with Crippen LogP contribution in [-0.2, 0) is 0 Å². The molecule has 0 bridgehead atoms. The molecule has 0 aliphatic carbocycles. The number of carbonyl (C=O) groups excluding carboxylic acids is 1. The molecule has 0 radical (unpaired) electrons. The molecule has 3 aromatic carbocycles. The number of aromatic nitrogens is 1. The highest BCUT2D eigenvalue weighted by molar-refractivity contribution is 7.21.